The molecule has 0 aliphatic carbocycles. The van der Waals surface area contributed by atoms with E-state index in [4.69, 9.17) is 0 Å². The number of aliphatic hydroxyl groups is 1. The molecule has 3 N–H and O–H groups in total. The van der Waals surface area contributed by atoms with Crippen molar-refractivity contribution in [3.8, 4) is 0 Å². The Kier molecular flexibility index (Phi) is 5.66. The third-order valence-electron chi connectivity index (χ3n) is 5.81. The van der Waals surface area contributed by atoms with Gasteiger partial charge in [-0.2, -0.15) is 0 Å². The third kappa shape index (κ3) is 4.29. The van der Waals surface area contributed by atoms with E-state index < -0.39 is 6.10 Å². The van der Waals surface area contributed by atoms with Crippen LogP contribution in [0.5, 0.6) is 0 Å². The molecule has 6 heteroatoms. The summed E-state index contributed by atoms with van der Waals surface area (Å²) >= 11 is 0. The zero-order chi connectivity index (χ0) is 18.6. The molecule has 2 saturated heterocycles. The number of benzene rings is 1. The van der Waals surface area contributed by atoms with Crippen LogP contribution in [0.3, 0.4) is 0 Å². The van der Waals surface area contributed by atoms with Crippen molar-refractivity contribution in [3.63, 3.8) is 0 Å². The lowest BCUT2D eigenvalue weighted by atomic mass is 9.92. The third-order valence-corrected chi connectivity index (χ3v) is 5.81. The Labute approximate surface area is 159 Å². The average molecular weight is 368 g/mol. The number of hydrogen-bond donors (Lipinski definition) is 3. The Balaban J connectivity index is 1.54. The highest BCUT2D eigenvalue weighted by atomic mass is 16.3. The van der Waals surface area contributed by atoms with Gasteiger partial charge < -0.3 is 15.4 Å². The summed E-state index contributed by atoms with van der Waals surface area (Å²) in [4.78, 5) is 22.2. The Morgan fingerprint density at radius 1 is 1.19 bits per heavy atom. The molecule has 1 aromatic carbocycles. The van der Waals surface area contributed by atoms with Crippen molar-refractivity contribution in [3.05, 3.63) is 63.8 Å². The number of aliphatic hydroxyl groups excluding tert-OH is 1. The fraction of sp³-hybridized carbons (Fsp3) is 0.524. The first-order valence-electron chi connectivity index (χ1n) is 9.99. The summed E-state index contributed by atoms with van der Waals surface area (Å²) in [7, 11) is 0. The second kappa shape index (κ2) is 8.33. The Morgan fingerprint density at radius 2 is 2.04 bits per heavy atom. The number of rotatable bonds is 4. The van der Waals surface area contributed by atoms with Gasteiger partial charge in [0, 0.05) is 31.1 Å². The maximum Gasteiger partial charge on any atom is 0.251 e. The van der Waals surface area contributed by atoms with Gasteiger partial charge in [-0.25, -0.2) is 4.98 Å². The number of H-pyrrole nitrogens is 1. The minimum absolute atomic E-state index is 0.193. The molecule has 2 aromatic rings. The predicted octanol–water partition coefficient (Wildman–Crippen LogP) is 1.78. The van der Waals surface area contributed by atoms with Crippen LogP contribution < -0.4 is 10.9 Å². The molecular weight excluding hydrogens is 340 g/mol. The van der Waals surface area contributed by atoms with E-state index in [0.717, 1.165) is 50.3 Å². The number of nitrogens with zero attached hydrogens (tertiary/aromatic N) is 2. The van der Waals surface area contributed by atoms with Crippen LogP contribution in [0.25, 0.3) is 0 Å². The van der Waals surface area contributed by atoms with Crippen LogP contribution in [0.15, 0.2) is 41.2 Å². The summed E-state index contributed by atoms with van der Waals surface area (Å²) in [6, 6.07) is 11.5. The van der Waals surface area contributed by atoms with Gasteiger partial charge in [0.1, 0.15) is 11.9 Å². The summed E-state index contributed by atoms with van der Waals surface area (Å²) in [5.74, 6) is 0.574. The van der Waals surface area contributed by atoms with E-state index in [1.807, 2.05) is 30.3 Å². The van der Waals surface area contributed by atoms with Gasteiger partial charge in [-0.15, -0.1) is 0 Å². The molecule has 6 nitrogen and oxygen atoms in total. The van der Waals surface area contributed by atoms with Crippen molar-refractivity contribution in [2.75, 3.05) is 26.2 Å². The fourth-order valence-corrected chi connectivity index (χ4v) is 4.35. The second-order valence-electron chi connectivity index (χ2n) is 7.70. The molecule has 2 aliphatic heterocycles. The van der Waals surface area contributed by atoms with Crippen LogP contribution in [-0.2, 0) is 0 Å². The zero-order valence-electron chi connectivity index (χ0n) is 15.6. The molecule has 2 fully saturated rings. The number of likely N-dealkylation sites (tertiary alicyclic amines) is 1. The van der Waals surface area contributed by atoms with Gasteiger partial charge >= 0.3 is 0 Å². The Hall–Kier alpha value is -2.02. The predicted molar refractivity (Wildman–Crippen MR) is 105 cm³/mol. The minimum atomic E-state index is -0.916. The molecule has 3 heterocycles. The highest BCUT2D eigenvalue weighted by Crippen LogP contribution is 2.28. The van der Waals surface area contributed by atoms with Crippen molar-refractivity contribution in [1.82, 2.24) is 20.2 Å². The lowest BCUT2D eigenvalue weighted by Gasteiger charge is -2.40. The molecule has 3 atom stereocenters. The maximum atomic E-state index is 12.2. The smallest absolute Gasteiger partial charge is 0.251 e. The normalized spacial score (nSPS) is 25.2. The SMILES string of the molecule is O=c1cc(C2CCCN(C3CCCNC3)C2)nc(C(O)c2ccccc2)[nH]1. The van der Waals surface area contributed by atoms with Gasteiger partial charge in [-0.05, 0) is 44.3 Å². The van der Waals surface area contributed by atoms with Crippen LogP contribution in [0.2, 0.25) is 0 Å². The van der Waals surface area contributed by atoms with Crippen molar-refractivity contribution >= 4 is 0 Å². The van der Waals surface area contributed by atoms with Gasteiger partial charge in [0.05, 0.1) is 5.69 Å². The van der Waals surface area contributed by atoms with Gasteiger partial charge in [-0.3, -0.25) is 9.69 Å². The summed E-state index contributed by atoms with van der Waals surface area (Å²) in [5, 5.41) is 14.1. The first kappa shape index (κ1) is 18.3. The highest BCUT2D eigenvalue weighted by molar-refractivity contribution is 5.23. The summed E-state index contributed by atoms with van der Waals surface area (Å²) < 4.78 is 0. The van der Waals surface area contributed by atoms with E-state index in [2.05, 4.69) is 20.2 Å². The lowest BCUT2D eigenvalue weighted by molar-refractivity contribution is 0.125. The molecule has 0 spiro atoms. The summed E-state index contributed by atoms with van der Waals surface area (Å²) in [5.41, 5.74) is 1.34. The molecule has 0 bridgehead atoms. The van der Waals surface area contributed by atoms with Gasteiger partial charge in [0.15, 0.2) is 0 Å². The first-order valence-corrected chi connectivity index (χ1v) is 9.99. The van der Waals surface area contributed by atoms with Crippen LogP contribution in [-0.4, -0.2) is 52.2 Å². The van der Waals surface area contributed by atoms with Crippen LogP contribution >= 0.6 is 0 Å². The number of piperidine rings is 2. The molecule has 0 saturated carbocycles. The van der Waals surface area contributed by atoms with Crippen LogP contribution in [0.1, 0.15) is 54.8 Å². The standard InChI is InChI=1S/C21H28N4O2/c26-19-12-18(23-21(24-19)20(27)15-6-2-1-3-7-15)16-8-5-11-25(14-16)17-9-4-10-22-13-17/h1-3,6-7,12,16-17,20,22,27H,4-5,8-11,13-14H2,(H,23,24,26). The minimum Gasteiger partial charge on any atom is -0.380 e. The highest BCUT2D eigenvalue weighted by Gasteiger charge is 2.29. The van der Waals surface area contributed by atoms with Gasteiger partial charge in [0.2, 0.25) is 0 Å². The largest absolute Gasteiger partial charge is 0.380 e. The maximum absolute atomic E-state index is 12.2. The van der Waals surface area contributed by atoms with Crippen molar-refractivity contribution in [2.45, 2.75) is 43.7 Å². The zero-order valence-corrected chi connectivity index (χ0v) is 15.6. The molecule has 0 amide bonds. The van der Waals surface area contributed by atoms with Crippen molar-refractivity contribution < 1.29 is 5.11 Å². The molecule has 1 aromatic heterocycles. The van der Waals surface area contributed by atoms with Gasteiger partial charge in [0.25, 0.3) is 5.56 Å². The van der Waals surface area contributed by atoms with Crippen molar-refractivity contribution in [1.29, 1.82) is 0 Å². The number of nitrogens with one attached hydrogen (secondary N) is 2. The lowest BCUT2D eigenvalue weighted by Crippen LogP contribution is -2.49. The van der Waals surface area contributed by atoms with E-state index >= 15 is 0 Å². The fourth-order valence-electron chi connectivity index (χ4n) is 4.35. The molecule has 27 heavy (non-hydrogen) atoms. The Bertz CT molecular complexity index is 801. The quantitative estimate of drug-likeness (QED) is 0.767. The van der Waals surface area contributed by atoms with Crippen LogP contribution in [0, 0.1) is 0 Å². The Morgan fingerprint density at radius 3 is 2.81 bits per heavy atom. The molecule has 144 valence electrons. The molecule has 2 aliphatic rings. The number of hydrogen-bond acceptors (Lipinski definition) is 5. The van der Waals surface area contributed by atoms with E-state index in [0.29, 0.717) is 11.9 Å². The van der Waals surface area contributed by atoms with Crippen molar-refractivity contribution in [2.24, 2.45) is 0 Å². The molecular formula is C21H28N4O2. The summed E-state index contributed by atoms with van der Waals surface area (Å²) in [6.45, 7) is 4.22. The monoisotopic (exact) mass is 368 g/mol. The summed E-state index contributed by atoms with van der Waals surface area (Å²) in [6.07, 6.45) is 3.70. The second-order valence-corrected chi connectivity index (χ2v) is 7.70. The van der Waals surface area contributed by atoms with E-state index in [1.165, 1.54) is 12.8 Å². The van der Waals surface area contributed by atoms with Crippen LogP contribution in [0.4, 0.5) is 0 Å². The topological polar surface area (TPSA) is 81.2 Å². The molecule has 3 unspecified atom stereocenters. The average Bonchev–Trinajstić information content (AvgIpc) is 2.74. The number of aromatic nitrogens is 2. The van der Waals surface area contributed by atoms with Gasteiger partial charge in [-0.1, -0.05) is 30.3 Å². The van der Waals surface area contributed by atoms with E-state index in [-0.39, 0.29) is 11.5 Å². The van der Waals surface area contributed by atoms with E-state index in [9.17, 15) is 9.90 Å². The number of aromatic amines is 1. The first-order chi connectivity index (χ1) is 13.2. The molecule has 0 radical (unpaired) electrons. The van der Waals surface area contributed by atoms with E-state index in [1.54, 1.807) is 6.07 Å². The molecule has 4 rings (SSSR count).